The lowest BCUT2D eigenvalue weighted by molar-refractivity contribution is -0.137. The van der Waals surface area contributed by atoms with Crippen molar-refractivity contribution in [2.75, 3.05) is 5.75 Å². The number of aromatic nitrogens is 1. The Morgan fingerprint density at radius 2 is 1.83 bits per heavy atom. The average Bonchev–Trinajstić information content (AvgIpc) is 2.86. The zero-order valence-corrected chi connectivity index (χ0v) is 13.1. The molecule has 23 heavy (non-hydrogen) atoms. The van der Waals surface area contributed by atoms with Gasteiger partial charge in [-0.1, -0.05) is 12.1 Å². The van der Waals surface area contributed by atoms with E-state index in [1.165, 1.54) is 25.1 Å². The Balaban J connectivity index is 2.37. The Labute approximate surface area is 133 Å². The first-order valence-corrected chi connectivity index (χ1v) is 8.26. The summed E-state index contributed by atoms with van der Waals surface area (Å²) in [6, 6.07) is 4.02. The predicted octanol–water partition coefficient (Wildman–Crippen LogP) is 4.81. The lowest BCUT2D eigenvalue weighted by Crippen LogP contribution is -2.19. The number of hydrogen-bond acceptors (Lipinski definition) is 3. The number of halogens is 6. The zero-order chi connectivity index (χ0) is 17.4. The highest BCUT2D eigenvalue weighted by Gasteiger charge is 2.35. The molecule has 2 rings (SSSR count). The Kier molecular flexibility index (Phi) is 4.86. The van der Waals surface area contributed by atoms with Crippen LogP contribution < -0.4 is 0 Å². The summed E-state index contributed by atoms with van der Waals surface area (Å²) < 4.78 is 86.5. The fourth-order valence-electron chi connectivity index (χ4n) is 1.77. The molecular weight excluding hydrogens is 364 g/mol. The van der Waals surface area contributed by atoms with E-state index in [9.17, 15) is 30.6 Å². The van der Waals surface area contributed by atoms with Crippen molar-refractivity contribution in [3.8, 4) is 11.3 Å². The predicted molar refractivity (Wildman–Crippen MR) is 74.6 cm³/mol. The molecule has 1 heterocycles. The van der Waals surface area contributed by atoms with Gasteiger partial charge in [0.25, 0.3) is 0 Å². The van der Waals surface area contributed by atoms with Crippen LogP contribution >= 0.6 is 11.3 Å². The molecule has 0 radical (unpaired) electrons. The molecule has 0 N–H and O–H groups in total. The number of hydrogen-bond donors (Lipinski definition) is 0. The molecule has 0 saturated heterocycles. The Morgan fingerprint density at radius 3 is 2.35 bits per heavy atom. The lowest BCUT2D eigenvalue weighted by atomic mass is 10.1. The number of rotatable bonds is 3. The third-order valence-corrected chi connectivity index (χ3v) is 5.18. The SMILES string of the molecule is Cc1ccc(-c2csc(C(F)(F)F)n2)cc1S(=O)CC(F)(F)F. The van der Waals surface area contributed by atoms with Gasteiger partial charge in [0.15, 0.2) is 5.01 Å². The maximum Gasteiger partial charge on any atom is 0.443 e. The first-order chi connectivity index (χ1) is 10.5. The second-order valence-corrected chi connectivity index (χ2v) is 6.90. The van der Waals surface area contributed by atoms with Crippen LogP contribution in [0.4, 0.5) is 26.3 Å². The maximum absolute atomic E-state index is 12.5. The van der Waals surface area contributed by atoms with E-state index in [0.29, 0.717) is 16.9 Å². The number of aryl methyl sites for hydroxylation is 1. The van der Waals surface area contributed by atoms with E-state index in [1.54, 1.807) is 0 Å². The van der Waals surface area contributed by atoms with Gasteiger partial charge < -0.3 is 0 Å². The molecule has 2 nitrogen and oxygen atoms in total. The molecule has 0 saturated carbocycles. The number of benzene rings is 1. The van der Waals surface area contributed by atoms with E-state index in [1.807, 2.05) is 0 Å². The van der Waals surface area contributed by atoms with Crippen LogP contribution in [0.5, 0.6) is 0 Å². The minimum Gasteiger partial charge on any atom is -0.254 e. The van der Waals surface area contributed by atoms with Crippen molar-refractivity contribution in [1.82, 2.24) is 4.98 Å². The van der Waals surface area contributed by atoms with Crippen LogP contribution in [0.2, 0.25) is 0 Å². The lowest BCUT2D eigenvalue weighted by Gasteiger charge is -2.10. The third-order valence-electron chi connectivity index (χ3n) is 2.77. The maximum atomic E-state index is 12.5. The van der Waals surface area contributed by atoms with Crippen LogP contribution in [0, 0.1) is 6.92 Å². The van der Waals surface area contributed by atoms with Crippen LogP contribution in [0.3, 0.4) is 0 Å². The molecule has 1 unspecified atom stereocenters. The summed E-state index contributed by atoms with van der Waals surface area (Å²) >= 11 is 0.388. The molecule has 0 aliphatic carbocycles. The summed E-state index contributed by atoms with van der Waals surface area (Å²) in [6.07, 6.45) is -9.19. The van der Waals surface area contributed by atoms with Crippen molar-refractivity contribution in [2.45, 2.75) is 24.2 Å². The summed E-state index contributed by atoms with van der Waals surface area (Å²) in [6.45, 7) is 1.48. The van der Waals surface area contributed by atoms with Crippen molar-refractivity contribution in [3.05, 3.63) is 34.2 Å². The summed E-state index contributed by atoms with van der Waals surface area (Å²) in [7, 11) is -2.33. The Morgan fingerprint density at radius 1 is 1.17 bits per heavy atom. The first-order valence-electron chi connectivity index (χ1n) is 6.06. The minimum absolute atomic E-state index is 0.0208. The molecule has 2 aromatic rings. The highest BCUT2D eigenvalue weighted by atomic mass is 32.2. The monoisotopic (exact) mass is 373 g/mol. The smallest absolute Gasteiger partial charge is 0.254 e. The van der Waals surface area contributed by atoms with Crippen molar-refractivity contribution in [2.24, 2.45) is 0 Å². The van der Waals surface area contributed by atoms with Gasteiger partial charge in [-0.3, -0.25) is 4.21 Å². The van der Waals surface area contributed by atoms with Gasteiger partial charge in [0.2, 0.25) is 0 Å². The van der Waals surface area contributed by atoms with Crippen LogP contribution in [0.25, 0.3) is 11.3 Å². The van der Waals surface area contributed by atoms with Crippen molar-refractivity contribution in [3.63, 3.8) is 0 Å². The Bertz CT molecular complexity index is 735. The topological polar surface area (TPSA) is 30.0 Å². The van der Waals surface area contributed by atoms with E-state index in [0.717, 1.165) is 5.38 Å². The average molecular weight is 373 g/mol. The second-order valence-electron chi connectivity index (χ2n) is 4.62. The second kappa shape index (κ2) is 6.23. The molecule has 0 amide bonds. The molecule has 0 bridgehead atoms. The van der Waals surface area contributed by atoms with E-state index in [4.69, 9.17) is 0 Å². The van der Waals surface area contributed by atoms with Gasteiger partial charge in [0.1, 0.15) is 5.75 Å². The highest BCUT2D eigenvalue weighted by Crippen LogP contribution is 2.35. The molecule has 126 valence electrons. The largest absolute Gasteiger partial charge is 0.443 e. The number of alkyl halides is 6. The van der Waals surface area contributed by atoms with Crippen molar-refractivity contribution < 1.29 is 30.6 Å². The van der Waals surface area contributed by atoms with Crippen LogP contribution in [0.1, 0.15) is 10.6 Å². The normalized spacial score (nSPS) is 14.0. The molecule has 1 atom stereocenters. The zero-order valence-electron chi connectivity index (χ0n) is 11.5. The molecule has 0 aliphatic heterocycles. The quantitative estimate of drug-likeness (QED) is 0.723. The minimum atomic E-state index is -4.60. The molecule has 0 aliphatic rings. The fourth-order valence-corrected chi connectivity index (χ4v) is 3.60. The number of thiazole rings is 1. The van der Waals surface area contributed by atoms with Crippen molar-refractivity contribution >= 4 is 22.1 Å². The molecular formula is C13H9F6NOS2. The van der Waals surface area contributed by atoms with E-state index in [2.05, 4.69) is 4.98 Å². The molecule has 1 aromatic heterocycles. The number of nitrogens with zero attached hydrogens (tertiary/aromatic N) is 1. The van der Waals surface area contributed by atoms with Gasteiger partial charge >= 0.3 is 12.4 Å². The van der Waals surface area contributed by atoms with Gasteiger partial charge in [-0.25, -0.2) is 4.98 Å². The first kappa shape index (κ1) is 17.9. The summed E-state index contributed by atoms with van der Waals surface area (Å²) in [5, 5.41) is 0.107. The van der Waals surface area contributed by atoms with Crippen LogP contribution in [-0.2, 0) is 17.0 Å². The molecule has 0 spiro atoms. The van der Waals surface area contributed by atoms with Crippen LogP contribution in [0.15, 0.2) is 28.5 Å². The van der Waals surface area contributed by atoms with Gasteiger partial charge in [-0.05, 0) is 18.6 Å². The molecule has 10 heteroatoms. The van der Waals surface area contributed by atoms with E-state index in [-0.39, 0.29) is 16.2 Å². The van der Waals surface area contributed by atoms with E-state index < -0.39 is 33.9 Å². The standard InChI is InChI=1S/C13H9F6NOS2/c1-7-2-3-8(4-10(7)23(21)6-12(14,15)16)9-5-22-11(20-9)13(17,18)19/h2-5H,6H2,1H3. The molecule has 1 aromatic carbocycles. The van der Waals surface area contributed by atoms with E-state index >= 15 is 0 Å². The highest BCUT2D eigenvalue weighted by molar-refractivity contribution is 7.85. The molecule has 0 fully saturated rings. The van der Waals surface area contributed by atoms with Gasteiger partial charge in [0.05, 0.1) is 16.5 Å². The fraction of sp³-hybridized carbons (Fsp3) is 0.308. The third kappa shape index (κ3) is 4.54. The van der Waals surface area contributed by atoms with Crippen LogP contribution in [-0.4, -0.2) is 21.1 Å². The van der Waals surface area contributed by atoms with Gasteiger partial charge in [-0.2, -0.15) is 26.3 Å². The summed E-state index contributed by atoms with van der Waals surface area (Å²) in [4.78, 5) is 3.36. The summed E-state index contributed by atoms with van der Waals surface area (Å²) in [5.74, 6) is -1.51. The summed E-state index contributed by atoms with van der Waals surface area (Å²) in [5.41, 5.74) is 0.531. The van der Waals surface area contributed by atoms with Gasteiger partial charge in [-0.15, -0.1) is 11.3 Å². The van der Waals surface area contributed by atoms with Gasteiger partial charge in [0, 0.05) is 15.8 Å². The van der Waals surface area contributed by atoms with Crippen molar-refractivity contribution in [1.29, 1.82) is 0 Å². The Hall–Kier alpha value is -1.42.